The zero-order valence-electron chi connectivity index (χ0n) is 28.1. The number of unbranched alkanes of at least 4 members (excludes halogenated alkanes) is 14. The van der Waals surface area contributed by atoms with Gasteiger partial charge in [0, 0.05) is 12.0 Å². The predicted molar refractivity (Wildman–Crippen MR) is 175 cm³/mol. The molecule has 1 unspecified atom stereocenters. The number of cyclic esters (lactones) is 1. The molecule has 0 radical (unpaired) electrons. The predicted octanol–water partition coefficient (Wildman–Crippen LogP) is 7.86. The first kappa shape index (κ1) is 37.5. The van der Waals surface area contributed by atoms with Gasteiger partial charge in [0.25, 0.3) is 0 Å². The maximum atomic E-state index is 11.7. The fourth-order valence-corrected chi connectivity index (χ4v) is 7.28. The summed E-state index contributed by atoms with van der Waals surface area (Å²) in [5.74, 6) is -0.280. The normalized spacial score (nSPS) is 28.7. The van der Waals surface area contributed by atoms with Crippen LogP contribution in [0.2, 0.25) is 0 Å². The van der Waals surface area contributed by atoms with E-state index in [2.05, 4.69) is 6.92 Å². The Balaban J connectivity index is 1.16. The molecule has 2 fully saturated rings. The molecule has 0 aromatic heterocycles. The second-order valence-corrected chi connectivity index (χ2v) is 14.0. The highest BCUT2D eigenvalue weighted by atomic mass is 16.6. The van der Waals surface area contributed by atoms with Crippen molar-refractivity contribution in [2.75, 3.05) is 0 Å². The fourth-order valence-electron chi connectivity index (χ4n) is 7.28. The van der Waals surface area contributed by atoms with Crippen molar-refractivity contribution >= 4 is 5.97 Å². The minimum atomic E-state index is -0.464. The third-order valence-electron chi connectivity index (χ3n) is 10.0. The van der Waals surface area contributed by atoms with Crippen LogP contribution in [-0.2, 0) is 19.0 Å². The van der Waals surface area contributed by atoms with Crippen LogP contribution < -0.4 is 0 Å². The van der Waals surface area contributed by atoms with Gasteiger partial charge in [0.2, 0.25) is 0 Å². The third-order valence-corrected chi connectivity index (χ3v) is 10.0. The lowest BCUT2D eigenvalue weighted by Gasteiger charge is -2.37. The quantitative estimate of drug-likeness (QED) is 0.0743. The Kier molecular flexibility index (Phi) is 18.5. The van der Waals surface area contributed by atoms with Gasteiger partial charge in [-0.05, 0) is 57.9 Å². The van der Waals surface area contributed by atoms with Crippen LogP contribution in [0.3, 0.4) is 0 Å². The summed E-state index contributed by atoms with van der Waals surface area (Å²) < 4.78 is 17.8. The van der Waals surface area contributed by atoms with E-state index in [1.807, 2.05) is 13.0 Å². The second kappa shape index (κ2) is 21.7. The fraction of sp³-hybridized carbons (Fsp3) is 0.919. The molecule has 256 valence electrons. The van der Waals surface area contributed by atoms with Crippen molar-refractivity contribution in [1.82, 2.24) is 0 Å². The molecule has 3 N–H and O–H groups in total. The van der Waals surface area contributed by atoms with Gasteiger partial charge in [-0.2, -0.15) is 0 Å². The summed E-state index contributed by atoms with van der Waals surface area (Å²) >= 11 is 0. The van der Waals surface area contributed by atoms with Gasteiger partial charge in [0.15, 0.2) is 0 Å². The van der Waals surface area contributed by atoms with Crippen molar-refractivity contribution in [1.29, 1.82) is 0 Å². The van der Waals surface area contributed by atoms with Crippen molar-refractivity contribution < 1.29 is 34.3 Å². The van der Waals surface area contributed by atoms with E-state index in [0.29, 0.717) is 12.0 Å². The number of aliphatic hydroxyl groups is 3. The number of carbonyl (C=O) groups excluding carboxylic acids is 1. The molecule has 0 spiro atoms. The summed E-state index contributed by atoms with van der Waals surface area (Å²) in [5.41, 5.74) is 0.617. The van der Waals surface area contributed by atoms with Crippen LogP contribution in [0.25, 0.3) is 0 Å². The largest absolute Gasteiger partial charge is 0.455 e. The summed E-state index contributed by atoms with van der Waals surface area (Å²) in [6.07, 6.45) is 26.0. The maximum absolute atomic E-state index is 11.7. The third kappa shape index (κ3) is 14.2. The van der Waals surface area contributed by atoms with Gasteiger partial charge in [0.1, 0.15) is 6.10 Å². The number of ether oxygens (including phenoxy) is 3. The van der Waals surface area contributed by atoms with Crippen molar-refractivity contribution in [2.24, 2.45) is 0 Å². The van der Waals surface area contributed by atoms with Crippen LogP contribution in [0.15, 0.2) is 11.6 Å². The maximum Gasteiger partial charge on any atom is 0.334 e. The van der Waals surface area contributed by atoms with E-state index in [-0.39, 0.29) is 42.6 Å². The van der Waals surface area contributed by atoms with Crippen molar-refractivity contribution in [3.05, 3.63) is 11.6 Å². The Hall–Kier alpha value is -0.990. The second-order valence-electron chi connectivity index (χ2n) is 14.0. The number of hydrogen-bond acceptors (Lipinski definition) is 7. The number of rotatable bonds is 24. The summed E-state index contributed by atoms with van der Waals surface area (Å²) in [6.45, 7) is 4.10. The van der Waals surface area contributed by atoms with Crippen LogP contribution >= 0.6 is 0 Å². The van der Waals surface area contributed by atoms with Crippen molar-refractivity contribution in [2.45, 2.75) is 217 Å². The molecule has 3 aliphatic heterocycles. The molecule has 3 heterocycles. The van der Waals surface area contributed by atoms with Crippen LogP contribution in [0.1, 0.15) is 168 Å². The van der Waals surface area contributed by atoms with E-state index in [0.717, 1.165) is 77.0 Å². The van der Waals surface area contributed by atoms with Gasteiger partial charge >= 0.3 is 5.97 Å². The molecule has 2 saturated heterocycles. The summed E-state index contributed by atoms with van der Waals surface area (Å²) in [5, 5.41) is 31.5. The SMILES string of the molecule is CCCCCCCCCC[C@@H]1O[C@H]([C@@H]2CCC([C@H](O)CCCCCCCCCC[C@@H](O)CC3=C[C@H](C)OC3=O)O2)CC[C@H]1O. The highest BCUT2D eigenvalue weighted by molar-refractivity contribution is 5.90. The summed E-state index contributed by atoms with van der Waals surface area (Å²) in [7, 11) is 0. The molecule has 0 amide bonds. The van der Waals surface area contributed by atoms with E-state index >= 15 is 0 Å². The van der Waals surface area contributed by atoms with Gasteiger partial charge in [-0.15, -0.1) is 0 Å². The summed E-state index contributed by atoms with van der Waals surface area (Å²) in [6, 6.07) is 0. The molecule has 0 aromatic carbocycles. The van der Waals surface area contributed by atoms with E-state index in [1.54, 1.807) is 0 Å². The Bertz CT molecular complexity index is 801. The zero-order valence-corrected chi connectivity index (χ0v) is 28.1. The van der Waals surface area contributed by atoms with E-state index in [1.165, 1.54) is 70.6 Å². The number of hydrogen-bond donors (Lipinski definition) is 3. The number of esters is 1. The lowest BCUT2D eigenvalue weighted by molar-refractivity contribution is -0.168. The van der Waals surface area contributed by atoms with Crippen molar-refractivity contribution in [3.63, 3.8) is 0 Å². The van der Waals surface area contributed by atoms with E-state index in [4.69, 9.17) is 14.2 Å². The molecule has 3 aliphatic rings. The lowest BCUT2D eigenvalue weighted by Crippen LogP contribution is -2.44. The van der Waals surface area contributed by atoms with Gasteiger partial charge < -0.3 is 29.5 Å². The average molecular weight is 623 g/mol. The van der Waals surface area contributed by atoms with Crippen LogP contribution in [0.5, 0.6) is 0 Å². The highest BCUT2D eigenvalue weighted by Gasteiger charge is 2.39. The topological polar surface area (TPSA) is 105 Å². The van der Waals surface area contributed by atoms with Gasteiger partial charge in [-0.1, -0.05) is 110 Å². The van der Waals surface area contributed by atoms with Crippen LogP contribution in [0, 0.1) is 0 Å². The lowest BCUT2D eigenvalue weighted by atomic mass is 9.93. The molecular weight excluding hydrogens is 556 g/mol. The molecule has 8 atom stereocenters. The Labute approximate surface area is 268 Å². The standard InChI is InChI=1S/C37H66O7/c1-3-4-5-6-7-12-15-18-21-33-32(40)22-23-35(43-33)36-25-24-34(44-36)31(39)20-17-14-11-9-8-10-13-16-19-30(38)27-29-26-28(2)42-37(29)41/h26,28,30-36,38-40H,3-25,27H2,1-2H3/t28-,30+,31+,32+,33-,34?,35-,36-/m0/s1. The molecule has 0 aromatic rings. The smallest absolute Gasteiger partial charge is 0.334 e. The molecule has 7 nitrogen and oxygen atoms in total. The molecule has 7 heteroatoms. The van der Waals surface area contributed by atoms with Gasteiger partial charge in [-0.3, -0.25) is 0 Å². The van der Waals surface area contributed by atoms with E-state index < -0.39 is 12.2 Å². The van der Waals surface area contributed by atoms with Gasteiger partial charge in [-0.25, -0.2) is 4.79 Å². The average Bonchev–Trinajstić information content (AvgIpc) is 3.62. The summed E-state index contributed by atoms with van der Waals surface area (Å²) in [4.78, 5) is 11.7. The monoisotopic (exact) mass is 622 g/mol. The Morgan fingerprint density at radius 3 is 1.95 bits per heavy atom. The van der Waals surface area contributed by atoms with Crippen molar-refractivity contribution in [3.8, 4) is 0 Å². The number of carbonyl (C=O) groups is 1. The highest BCUT2D eigenvalue weighted by Crippen LogP contribution is 2.34. The van der Waals surface area contributed by atoms with Crippen LogP contribution in [-0.4, -0.2) is 70.1 Å². The Morgan fingerprint density at radius 2 is 1.32 bits per heavy atom. The zero-order chi connectivity index (χ0) is 31.6. The first-order chi connectivity index (χ1) is 21.4. The minimum Gasteiger partial charge on any atom is -0.455 e. The minimum absolute atomic E-state index is 0.0457. The molecule has 0 saturated carbocycles. The molecule has 44 heavy (non-hydrogen) atoms. The first-order valence-corrected chi connectivity index (χ1v) is 18.6. The number of aliphatic hydroxyl groups excluding tert-OH is 3. The first-order valence-electron chi connectivity index (χ1n) is 18.6. The van der Waals surface area contributed by atoms with Gasteiger partial charge in [0.05, 0.1) is 42.7 Å². The molecular formula is C37H66O7. The molecule has 3 rings (SSSR count). The van der Waals surface area contributed by atoms with Crippen LogP contribution in [0.4, 0.5) is 0 Å². The van der Waals surface area contributed by atoms with E-state index in [9.17, 15) is 20.1 Å². The molecule has 0 aliphatic carbocycles. The molecule has 0 bridgehead atoms. The Morgan fingerprint density at radius 1 is 0.750 bits per heavy atom.